The molecule has 21 heavy (non-hydrogen) atoms. The van der Waals surface area contributed by atoms with Crippen LogP contribution in [0.4, 0.5) is 0 Å². The van der Waals surface area contributed by atoms with Crippen molar-refractivity contribution in [1.29, 1.82) is 0 Å². The lowest BCUT2D eigenvalue weighted by Gasteiger charge is -2.17. The number of benzene rings is 1. The van der Waals surface area contributed by atoms with Gasteiger partial charge in [-0.25, -0.2) is 12.7 Å². The van der Waals surface area contributed by atoms with Crippen molar-refractivity contribution in [2.24, 2.45) is 11.8 Å². The average molecular weight is 308 g/mol. The summed E-state index contributed by atoms with van der Waals surface area (Å²) in [6, 6.07) is 7.95. The maximum absolute atomic E-state index is 12.6. The molecule has 2 fully saturated rings. The summed E-state index contributed by atoms with van der Waals surface area (Å²) in [5.41, 5.74) is 1.04. The first-order valence-corrected chi connectivity index (χ1v) is 9.19. The molecule has 2 atom stereocenters. The third-order valence-corrected chi connectivity index (χ3v) is 6.37. The van der Waals surface area contributed by atoms with E-state index < -0.39 is 10.0 Å². The minimum atomic E-state index is -3.36. The molecule has 2 aliphatic carbocycles. The van der Waals surface area contributed by atoms with Crippen LogP contribution < -0.4 is 5.32 Å². The standard InChI is InChI=1S/C16H24N2O2S/c1-12-8-14(12)11-18(2)21(19,20)16-5-3-4-13(9-16)10-17-15-6-7-15/h3-5,9,12,14-15,17H,6-8,10-11H2,1-2H3. The Morgan fingerprint density at radius 1 is 1.33 bits per heavy atom. The van der Waals surface area contributed by atoms with Gasteiger partial charge in [0.15, 0.2) is 0 Å². The molecule has 1 N–H and O–H groups in total. The summed E-state index contributed by atoms with van der Waals surface area (Å²) in [5.74, 6) is 1.20. The van der Waals surface area contributed by atoms with Gasteiger partial charge in [0.1, 0.15) is 0 Å². The zero-order valence-electron chi connectivity index (χ0n) is 12.7. The normalized spacial score (nSPS) is 25.3. The number of sulfonamides is 1. The largest absolute Gasteiger partial charge is 0.310 e. The van der Waals surface area contributed by atoms with Crippen molar-refractivity contribution in [3.05, 3.63) is 29.8 Å². The van der Waals surface area contributed by atoms with Gasteiger partial charge in [-0.3, -0.25) is 0 Å². The summed E-state index contributed by atoms with van der Waals surface area (Å²) in [5, 5.41) is 3.42. The van der Waals surface area contributed by atoms with Crippen molar-refractivity contribution >= 4 is 10.0 Å². The molecule has 3 rings (SSSR count). The maximum Gasteiger partial charge on any atom is 0.242 e. The summed E-state index contributed by atoms with van der Waals surface area (Å²) in [7, 11) is -1.67. The molecular weight excluding hydrogens is 284 g/mol. The first-order chi connectivity index (χ1) is 9.96. The van der Waals surface area contributed by atoms with Crippen molar-refractivity contribution in [2.75, 3.05) is 13.6 Å². The van der Waals surface area contributed by atoms with Crippen LogP contribution in [0.15, 0.2) is 29.2 Å². The molecular formula is C16H24N2O2S. The van der Waals surface area contributed by atoms with Gasteiger partial charge in [-0.15, -0.1) is 0 Å². The van der Waals surface area contributed by atoms with E-state index in [-0.39, 0.29) is 0 Å². The highest BCUT2D eigenvalue weighted by atomic mass is 32.2. The quantitative estimate of drug-likeness (QED) is 0.840. The molecule has 0 bridgehead atoms. The van der Waals surface area contributed by atoms with Crippen molar-refractivity contribution in [2.45, 2.75) is 43.7 Å². The molecule has 0 spiro atoms. The van der Waals surface area contributed by atoms with E-state index in [4.69, 9.17) is 0 Å². The van der Waals surface area contributed by atoms with Crippen molar-refractivity contribution < 1.29 is 8.42 Å². The van der Waals surface area contributed by atoms with Crippen LogP contribution in [0.25, 0.3) is 0 Å². The van der Waals surface area contributed by atoms with Crippen molar-refractivity contribution in [3.63, 3.8) is 0 Å². The van der Waals surface area contributed by atoms with Gasteiger partial charge in [0.25, 0.3) is 0 Å². The number of hydrogen-bond acceptors (Lipinski definition) is 3. The Labute approximate surface area is 127 Å². The van der Waals surface area contributed by atoms with E-state index in [0.717, 1.165) is 18.5 Å². The number of nitrogens with one attached hydrogen (secondary N) is 1. The molecule has 2 unspecified atom stereocenters. The molecule has 0 amide bonds. The summed E-state index contributed by atoms with van der Waals surface area (Å²) in [4.78, 5) is 0.411. The van der Waals surface area contributed by atoms with E-state index >= 15 is 0 Å². The summed E-state index contributed by atoms with van der Waals surface area (Å²) < 4.78 is 26.7. The molecule has 5 heteroatoms. The molecule has 116 valence electrons. The van der Waals surface area contributed by atoms with E-state index in [9.17, 15) is 8.42 Å². The molecule has 0 saturated heterocycles. The van der Waals surface area contributed by atoms with Gasteiger partial charge in [0.05, 0.1) is 4.90 Å². The minimum Gasteiger partial charge on any atom is -0.310 e. The van der Waals surface area contributed by atoms with Crippen LogP contribution in [-0.2, 0) is 16.6 Å². The second kappa shape index (κ2) is 5.71. The van der Waals surface area contributed by atoms with Gasteiger partial charge in [0, 0.05) is 26.2 Å². The third kappa shape index (κ3) is 3.65. The van der Waals surface area contributed by atoms with Gasteiger partial charge < -0.3 is 5.32 Å². The van der Waals surface area contributed by atoms with Crippen LogP contribution in [0.2, 0.25) is 0 Å². The molecule has 1 aromatic carbocycles. The van der Waals surface area contributed by atoms with Gasteiger partial charge in [-0.2, -0.15) is 0 Å². The number of rotatable bonds is 7. The van der Waals surface area contributed by atoms with Crippen LogP contribution in [0.3, 0.4) is 0 Å². The molecule has 0 heterocycles. The first kappa shape index (κ1) is 15.0. The Balaban J connectivity index is 1.69. The highest BCUT2D eigenvalue weighted by Gasteiger charge is 2.36. The lowest BCUT2D eigenvalue weighted by molar-refractivity contribution is 0.444. The predicted molar refractivity (Wildman–Crippen MR) is 83.4 cm³/mol. The van der Waals surface area contributed by atoms with Gasteiger partial charge >= 0.3 is 0 Å². The fraction of sp³-hybridized carbons (Fsp3) is 0.625. The van der Waals surface area contributed by atoms with Crippen LogP contribution in [-0.4, -0.2) is 32.4 Å². The zero-order chi connectivity index (χ0) is 15.0. The molecule has 0 aromatic heterocycles. The van der Waals surface area contributed by atoms with Gasteiger partial charge in [0.2, 0.25) is 10.0 Å². The maximum atomic E-state index is 12.6. The molecule has 0 radical (unpaired) electrons. The highest BCUT2D eigenvalue weighted by molar-refractivity contribution is 7.89. The fourth-order valence-electron chi connectivity index (χ4n) is 2.63. The van der Waals surface area contributed by atoms with Crippen LogP contribution in [0.5, 0.6) is 0 Å². The second-order valence-corrected chi connectivity index (χ2v) is 8.61. The lowest BCUT2D eigenvalue weighted by Crippen LogP contribution is -2.29. The van der Waals surface area contributed by atoms with E-state index in [0.29, 0.717) is 29.3 Å². The average Bonchev–Trinajstić information content (AvgIpc) is 3.36. The van der Waals surface area contributed by atoms with E-state index in [1.807, 2.05) is 12.1 Å². The van der Waals surface area contributed by atoms with E-state index in [1.54, 1.807) is 19.2 Å². The minimum absolute atomic E-state index is 0.411. The Hall–Kier alpha value is -0.910. The first-order valence-electron chi connectivity index (χ1n) is 7.75. The Morgan fingerprint density at radius 2 is 2.05 bits per heavy atom. The molecule has 1 aromatic rings. The Bertz CT molecular complexity index is 610. The van der Waals surface area contributed by atoms with E-state index in [2.05, 4.69) is 12.2 Å². The summed E-state index contributed by atoms with van der Waals surface area (Å²) in [6.45, 7) is 3.56. The molecule has 2 aliphatic rings. The number of hydrogen-bond donors (Lipinski definition) is 1. The lowest BCUT2D eigenvalue weighted by atomic mass is 10.2. The summed E-state index contributed by atoms with van der Waals surface area (Å²) >= 11 is 0. The molecule has 0 aliphatic heterocycles. The summed E-state index contributed by atoms with van der Waals surface area (Å²) in [6.07, 6.45) is 3.62. The Morgan fingerprint density at radius 3 is 2.67 bits per heavy atom. The smallest absolute Gasteiger partial charge is 0.242 e. The third-order valence-electron chi connectivity index (χ3n) is 4.55. The molecule has 2 saturated carbocycles. The zero-order valence-corrected chi connectivity index (χ0v) is 13.6. The molecule has 4 nitrogen and oxygen atoms in total. The van der Waals surface area contributed by atoms with Gasteiger partial charge in [-0.05, 0) is 48.8 Å². The van der Waals surface area contributed by atoms with Crippen LogP contribution in [0.1, 0.15) is 31.7 Å². The van der Waals surface area contributed by atoms with Crippen molar-refractivity contribution in [1.82, 2.24) is 9.62 Å². The Kier molecular flexibility index (Phi) is 4.08. The predicted octanol–water partition coefficient (Wildman–Crippen LogP) is 2.22. The monoisotopic (exact) mass is 308 g/mol. The fourth-order valence-corrected chi connectivity index (χ4v) is 3.93. The van der Waals surface area contributed by atoms with Crippen molar-refractivity contribution in [3.8, 4) is 0 Å². The SMILES string of the molecule is CC1CC1CN(C)S(=O)(=O)c1cccc(CNC2CC2)c1. The number of nitrogens with zero attached hydrogens (tertiary/aromatic N) is 1. The van der Waals surface area contributed by atoms with Gasteiger partial charge in [-0.1, -0.05) is 19.1 Å². The second-order valence-electron chi connectivity index (χ2n) is 6.56. The van der Waals surface area contributed by atoms with Crippen LogP contribution >= 0.6 is 0 Å². The topological polar surface area (TPSA) is 49.4 Å². The van der Waals surface area contributed by atoms with E-state index in [1.165, 1.54) is 17.1 Å². The highest BCUT2D eigenvalue weighted by Crippen LogP contribution is 2.38. The van der Waals surface area contributed by atoms with Crippen LogP contribution in [0, 0.1) is 11.8 Å².